The molecule has 27 heavy (non-hydrogen) atoms. The van der Waals surface area contributed by atoms with E-state index in [0.717, 1.165) is 0 Å². The summed E-state index contributed by atoms with van der Waals surface area (Å²) in [6.45, 7) is -1.07. The van der Waals surface area contributed by atoms with Crippen LogP contribution in [-0.2, 0) is 15.1 Å². The van der Waals surface area contributed by atoms with E-state index in [4.69, 9.17) is 10.5 Å². The molecule has 1 aliphatic rings. The highest BCUT2D eigenvalue weighted by atomic mass is 35.5. The van der Waals surface area contributed by atoms with Gasteiger partial charge in [0, 0.05) is 0 Å². The first-order valence-electron chi connectivity index (χ1n) is 7.76. The number of imide groups is 1. The Bertz CT molecular complexity index is 717. The van der Waals surface area contributed by atoms with Crippen molar-refractivity contribution in [3.05, 3.63) is 29.8 Å². The lowest BCUT2D eigenvalue weighted by Crippen LogP contribution is -2.47. The van der Waals surface area contributed by atoms with Crippen molar-refractivity contribution in [1.29, 1.82) is 0 Å². The number of hydrogen-bond acceptors (Lipinski definition) is 5. The van der Waals surface area contributed by atoms with E-state index in [1.807, 2.05) is 5.32 Å². The van der Waals surface area contributed by atoms with Crippen molar-refractivity contribution >= 4 is 30.3 Å². The van der Waals surface area contributed by atoms with E-state index in [9.17, 15) is 23.2 Å². The SMILES string of the molecule is COc1ccc(C2(C)NC(=O)N(CC(=O)NCC(F)(F)CN)C2=O)cc1.Cl. The maximum atomic E-state index is 13.1. The smallest absolute Gasteiger partial charge is 0.325 e. The molecule has 1 aromatic carbocycles. The van der Waals surface area contributed by atoms with Crippen LogP contribution in [0.25, 0.3) is 0 Å². The first kappa shape index (κ1) is 22.6. The molecule has 11 heteroatoms. The molecule has 0 aromatic heterocycles. The summed E-state index contributed by atoms with van der Waals surface area (Å²) < 4.78 is 31.2. The molecule has 1 saturated heterocycles. The Hall–Kier alpha value is -2.46. The molecule has 150 valence electrons. The molecular weight excluding hydrogens is 386 g/mol. The predicted octanol–water partition coefficient (Wildman–Crippen LogP) is 0.594. The van der Waals surface area contributed by atoms with Crippen LogP contribution in [0.15, 0.2) is 24.3 Å². The molecular formula is C16H21ClF2N4O4. The third kappa shape index (κ3) is 4.83. The Morgan fingerprint density at radius 1 is 1.33 bits per heavy atom. The van der Waals surface area contributed by atoms with E-state index in [1.54, 1.807) is 24.3 Å². The van der Waals surface area contributed by atoms with Gasteiger partial charge in [-0.15, -0.1) is 12.4 Å². The number of nitrogens with two attached hydrogens (primary N) is 1. The van der Waals surface area contributed by atoms with Crippen LogP contribution >= 0.6 is 12.4 Å². The molecule has 0 bridgehead atoms. The minimum absolute atomic E-state index is 0. The van der Waals surface area contributed by atoms with Gasteiger partial charge < -0.3 is 21.1 Å². The number of nitrogens with zero attached hydrogens (tertiary/aromatic N) is 1. The van der Waals surface area contributed by atoms with Crippen molar-refractivity contribution in [3.63, 3.8) is 0 Å². The molecule has 1 heterocycles. The molecule has 1 fully saturated rings. The summed E-state index contributed by atoms with van der Waals surface area (Å²) in [6, 6.07) is 5.70. The van der Waals surface area contributed by atoms with Crippen LogP contribution < -0.4 is 21.1 Å². The molecule has 0 saturated carbocycles. The highest BCUT2D eigenvalue weighted by Crippen LogP contribution is 2.29. The number of carbonyl (C=O) groups is 3. The van der Waals surface area contributed by atoms with Crippen molar-refractivity contribution < 1.29 is 27.9 Å². The fourth-order valence-electron chi connectivity index (χ4n) is 2.46. The van der Waals surface area contributed by atoms with Crippen molar-refractivity contribution in [1.82, 2.24) is 15.5 Å². The van der Waals surface area contributed by atoms with E-state index >= 15 is 0 Å². The molecule has 4 N–H and O–H groups in total. The maximum Gasteiger partial charge on any atom is 0.325 e. The average Bonchev–Trinajstić information content (AvgIpc) is 2.84. The highest BCUT2D eigenvalue weighted by molar-refractivity contribution is 6.09. The molecule has 0 spiro atoms. The standard InChI is InChI=1S/C16H20F2N4O4.ClH/c1-15(10-3-5-11(26-2)6-4-10)13(24)22(14(25)21-15)7-12(23)20-9-16(17,18)8-19;/h3-6H,7-9,19H2,1-2H3,(H,20,23)(H,21,25);1H. The number of halogens is 3. The number of benzene rings is 1. The summed E-state index contributed by atoms with van der Waals surface area (Å²) >= 11 is 0. The van der Waals surface area contributed by atoms with Crippen molar-refractivity contribution in [2.24, 2.45) is 5.73 Å². The molecule has 1 aliphatic heterocycles. The number of carbonyl (C=O) groups excluding carboxylic acids is 3. The van der Waals surface area contributed by atoms with Crippen LogP contribution in [0.1, 0.15) is 12.5 Å². The van der Waals surface area contributed by atoms with Gasteiger partial charge >= 0.3 is 6.03 Å². The number of alkyl halides is 2. The molecule has 0 radical (unpaired) electrons. The van der Waals surface area contributed by atoms with Gasteiger partial charge in [-0.25, -0.2) is 13.6 Å². The van der Waals surface area contributed by atoms with E-state index in [1.165, 1.54) is 14.0 Å². The Morgan fingerprint density at radius 2 is 1.93 bits per heavy atom. The lowest BCUT2D eigenvalue weighted by atomic mass is 9.92. The third-order valence-corrected chi connectivity index (χ3v) is 4.09. The fourth-order valence-corrected chi connectivity index (χ4v) is 2.46. The average molecular weight is 407 g/mol. The lowest BCUT2D eigenvalue weighted by molar-refractivity contribution is -0.135. The van der Waals surface area contributed by atoms with Crippen LogP contribution in [0.5, 0.6) is 5.75 Å². The Morgan fingerprint density at radius 3 is 2.44 bits per heavy atom. The summed E-state index contributed by atoms with van der Waals surface area (Å²) in [5.74, 6) is -4.23. The number of rotatable bonds is 7. The van der Waals surface area contributed by atoms with Crippen LogP contribution in [0.4, 0.5) is 13.6 Å². The number of methoxy groups -OCH3 is 1. The summed E-state index contributed by atoms with van der Waals surface area (Å²) in [5.41, 5.74) is 4.01. The monoisotopic (exact) mass is 406 g/mol. The van der Waals surface area contributed by atoms with Gasteiger partial charge in [0.15, 0.2) is 0 Å². The molecule has 4 amide bonds. The molecule has 8 nitrogen and oxygen atoms in total. The summed E-state index contributed by atoms with van der Waals surface area (Å²) in [4.78, 5) is 37.2. The summed E-state index contributed by atoms with van der Waals surface area (Å²) in [6.07, 6.45) is 0. The van der Waals surface area contributed by atoms with Crippen LogP contribution in [0.3, 0.4) is 0 Å². The lowest BCUT2D eigenvalue weighted by Gasteiger charge is -2.22. The largest absolute Gasteiger partial charge is 0.497 e. The first-order chi connectivity index (χ1) is 12.1. The van der Waals surface area contributed by atoms with E-state index in [-0.39, 0.29) is 12.4 Å². The normalized spacial score (nSPS) is 19.4. The molecule has 0 aliphatic carbocycles. The van der Waals surface area contributed by atoms with Gasteiger partial charge in [-0.3, -0.25) is 14.5 Å². The van der Waals surface area contributed by atoms with Gasteiger partial charge in [0.1, 0.15) is 17.8 Å². The van der Waals surface area contributed by atoms with Crippen LogP contribution in [0.2, 0.25) is 0 Å². The van der Waals surface area contributed by atoms with E-state index < -0.39 is 48.9 Å². The van der Waals surface area contributed by atoms with Crippen LogP contribution in [-0.4, -0.2) is 55.4 Å². The minimum atomic E-state index is -3.26. The van der Waals surface area contributed by atoms with Gasteiger partial charge in [0.25, 0.3) is 11.8 Å². The van der Waals surface area contributed by atoms with Gasteiger partial charge in [-0.1, -0.05) is 12.1 Å². The number of amides is 4. The maximum absolute atomic E-state index is 13.1. The zero-order chi connectivity index (χ0) is 19.5. The Labute approximate surface area is 160 Å². The topological polar surface area (TPSA) is 114 Å². The van der Waals surface area contributed by atoms with Crippen molar-refractivity contribution in [2.75, 3.05) is 26.7 Å². The Kier molecular flexibility index (Phi) is 7.10. The molecule has 1 atom stereocenters. The summed E-state index contributed by atoms with van der Waals surface area (Å²) in [5, 5.41) is 4.49. The van der Waals surface area contributed by atoms with Crippen molar-refractivity contribution in [3.8, 4) is 5.75 Å². The predicted molar refractivity (Wildman–Crippen MR) is 94.8 cm³/mol. The summed E-state index contributed by atoms with van der Waals surface area (Å²) in [7, 11) is 1.49. The quantitative estimate of drug-likeness (QED) is 0.574. The van der Waals surface area contributed by atoms with Gasteiger partial charge in [0.05, 0.1) is 20.2 Å². The number of nitrogens with one attached hydrogen (secondary N) is 2. The fraction of sp³-hybridized carbons (Fsp3) is 0.438. The van der Waals surface area contributed by atoms with Gasteiger partial charge in [-0.05, 0) is 24.6 Å². The van der Waals surface area contributed by atoms with E-state index in [0.29, 0.717) is 16.2 Å². The molecule has 1 unspecified atom stereocenters. The number of urea groups is 1. The third-order valence-electron chi connectivity index (χ3n) is 4.09. The second kappa shape index (κ2) is 8.49. The second-order valence-electron chi connectivity index (χ2n) is 6.01. The van der Waals surface area contributed by atoms with Gasteiger partial charge in [-0.2, -0.15) is 0 Å². The zero-order valence-electron chi connectivity index (χ0n) is 14.8. The molecule has 2 rings (SSSR count). The Balaban J connectivity index is 0.00000364. The second-order valence-corrected chi connectivity index (χ2v) is 6.01. The van der Waals surface area contributed by atoms with Gasteiger partial charge in [0.2, 0.25) is 5.91 Å². The van der Waals surface area contributed by atoms with Crippen molar-refractivity contribution in [2.45, 2.75) is 18.4 Å². The highest BCUT2D eigenvalue weighted by Gasteiger charge is 2.49. The first-order valence-corrected chi connectivity index (χ1v) is 7.76. The van der Waals surface area contributed by atoms with E-state index in [2.05, 4.69) is 5.32 Å². The zero-order valence-corrected chi connectivity index (χ0v) is 15.6. The molecule has 1 aromatic rings. The number of hydrogen-bond donors (Lipinski definition) is 3. The number of ether oxygens (including phenoxy) is 1. The van der Waals surface area contributed by atoms with Crippen LogP contribution in [0, 0.1) is 0 Å². The minimum Gasteiger partial charge on any atom is -0.497 e.